The van der Waals surface area contributed by atoms with E-state index in [1.165, 1.54) is 6.07 Å². The first-order chi connectivity index (χ1) is 12.5. The third kappa shape index (κ3) is 4.60. The number of halogens is 1. The Hall–Kier alpha value is -2.87. The lowest BCUT2D eigenvalue weighted by molar-refractivity contribution is -0.117. The zero-order valence-corrected chi connectivity index (χ0v) is 15.5. The van der Waals surface area contributed by atoms with Crippen molar-refractivity contribution in [3.8, 4) is 6.07 Å². The van der Waals surface area contributed by atoms with Gasteiger partial charge in [-0.1, -0.05) is 31.5 Å². The first-order valence-corrected chi connectivity index (χ1v) is 8.78. The summed E-state index contributed by atoms with van der Waals surface area (Å²) in [5.41, 5.74) is 3.39. The van der Waals surface area contributed by atoms with Crippen molar-refractivity contribution in [1.29, 1.82) is 5.26 Å². The van der Waals surface area contributed by atoms with Gasteiger partial charge in [0.2, 0.25) is 0 Å². The van der Waals surface area contributed by atoms with Gasteiger partial charge < -0.3 is 9.88 Å². The van der Waals surface area contributed by atoms with Crippen molar-refractivity contribution >= 4 is 12.0 Å². The Labute approximate surface area is 154 Å². The highest BCUT2D eigenvalue weighted by Gasteiger charge is 2.13. The Bertz CT molecular complexity index is 859. The molecule has 2 aromatic rings. The van der Waals surface area contributed by atoms with Crippen molar-refractivity contribution in [3.63, 3.8) is 0 Å². The minimum atomic E-state index is -0.505. The van der Waals surface area contributed by atoms with E-state index in [4.69, 9.17) is 0 Å². The number of rotatable bonds is 7. The number of nitriles is 1. The number of nitrogens with one attached hydrogen (secondary N) is 1. The Kier molecular flexibility index (Phi) is 6.74. The van der Waals surface area contributed by atoms with Crippen LogP contribution < -0.4 is 5.32 Å². The van der Waals surface area contributed by atoms with Gasteiger partial charge in [0.05, 0.1) is 0 Å². The van der Waals surface area contributed by atoms with E-state index in [1.807, 2.05) is 26.0 Å². The fourth-order valence-corrected chi connectivity index (χ4v) is 2.85. The van der Waals surface area contributed by atoms with Crippen molar-refractivity contribution in [2.45, 2.75) is 46.7 Å². The van der Waals surface area contributed by atoms with E-state index < -0.39 is 5.91 Å². The molecule has 0 aliphatic heterocycles. The summed E-state index contributed by atoms with van der Waals surface area (Å²) in [6.07, 6.45) is 3.78. The van der Waals surface area contributed by atoms with E-state index in [-0.39, 0.29) is 17.9 Å². The van der Waals surface area contributed by atoms with Gasteiger partial charge in [-0.2, -0.15) is 5.26 Å². The average molecular weight is 353 g/mol. The van der Waals surface area contributed by atoms with Crippen molar-refractivity contribution in [3.05, 3.63) is 64.2 Å². The summed E-state index contributed by atoms with van der Waals surface area (Å²) in [7, 11) is 0. The fraction of sp³-hybridized carbons (Fsp3) is 0.333. The molecule has 1 N–H and O–H groups in total. The van der Waals surface area contributed by atoms with Crippen LogP contribution in [0.1, 0.15) is 42.3 Å². The van der Waals surface area contributed by atoms with E-state index in [0.29, 0.717) is 5.56 Å². The van der Waals surface area contributed by atoms with Gasteiger partial charge in [0.1, 0.15) is 17.5 Å². The van der Waals surface area contributed by atoms with Crippen molar-refractivity contribution in [1.82, 2.24) is 9.88 Å². The van der Waals surface area contributed by atoms with Gasteiger partial charge >= 0.3 is 0 Å². The third-order valence-corrected chi connectivity index (χ3v) is 4.41. The maximum Gasteiger partial charge on any atom is 0.262 e. The second-order valence-electron chi connectivity index (χ2n) is 6.28. The summed E-state index contributed by atoms with van der Waals surface area (Å²) in [4.78, 5) is 12.3. The molecule has 0 saturated heterocycles. The molecule has 0 bridgehead atoms. The smallest absolute Gasteiger partial charge is 0.262 e. The van der Waals surface area contributed by atoms with Crippen LogP contribution in [0.25, 0.3) is 6.08 Å². The molecule has 5 heteroatoms. The molecule has 26 heavy (non-hydrogen) atoms. The number of unbranched alkanes of at least 4 members (excludes halogenated alkanes) is 1. The molecule has 1 aromatic heterocycles. The molecule has 0 unspecified atom stereocenters. The van der Waals surface area contributed by atoms with E-state index >= 15 is 0 Å². The average Bonchev–Trinajstić information content (AvgIpc) is 2.90. The Morgan fingerprint density at radius 2 is 2.08 bits per heavy atom. The highest BCUT2D eigenvalue weighted by Crippen LogP contribution is 2.19. The number of carbonyl (C=O) groups is 1. The number of benzene rings is 1. The van der Waals surface area contributed by atoms with Gasteiger partial charge in [-0.15, -0.1) is 0 Å². The van der Waals surface area contributed by atoms with E-state index in [1.54, 1.807) is 24.3 Å². The second kappa shape index (κ2) is 9.00. The molecule has 0 aliphatic carbocycles. The minimum Gasteiger partial charge on any atom is -0.349 e. The quantitative estimate of drug-likeness (QED) is 0.597. The number of aromatic nitrogens is 1. The van der Waals surface area contributed by atoms with Gasteiger partial charge in [-0.05, 0) is 44.0 Å². The lowest BCUT2D eigenvalue weighted by atomic mass is 10.1. The fourth-order valence-electron chi connectivity index (χ4n) is 2.85. The summed E-state index contributed by atoms with van der Waals surface area (Å²) in [6, 6.07) is 10.2. The predicted octanol–water partition coefficient (Wildman–Crippen LogP) is 4.27. The standard InChI is InChI=1S/C21H24FN3O/c1-4-5-10-25-15(2)11-18(16(25)3)12-19(13-23)21(26)24-14-17-8-6-7-9-20(17)22/h6-9,11-12H,4-5,10,14H2,1-3H3,(H,24,26)/b19-12+. The molecule has 0 fully saturated rings. The SMILES string of the molecule is CCCCn1c(C)cc(/C=C(\C#N)C(=O)NCc2ccccc2F)c1C. The Morgan fingerprint density at radius 1 is 1.35 bits per heavy atom. The summed E-state index contributed by atoms with van der Waals surface area (Å²) >= 11 is 0. The first kappa shape index (κ1) is 19.5. The van der Waals surface area contributed by atoms with E-state index in [0.717, 1.165) is 36.3 Å². The number of hydrogen-bond acceptors (Lipinski definition) is 2. The first-order valence-electron chi connectivity index (χ1n) is 8.78. The summed E-state index contributed by atoms with van der Waals surface area (Å²) in [6.45, 7) is 7.11. The van der Waals surface area contributed by atoms with E-state index in [9.17, 15) is 14.4 Å². The number of carbonyl (C=O) groups excluding carboxylic acids is 1. The van der Waals surface area contributed by atoms with Gasteiger partial charge in [0, 0.05) is 30.0 Å². The van der Waals surface area contributed by atoms with Crippen LogP contribution in [0.4, 0.5) is 4.39 Å². The van der Waals surface area contributed by atoms with Crippen molar-refractivity contribution < 1.29 is 9.18 Å². The van der Waals surface area contributed by atoms with Gasteiger partial charge in [-0.25, -0.2) is 4.39 Å². The summed E-state index contributed by atoms with van der Waals surface area (Å²) in [5.74, 6) is -0.885. The molecule has 0 aliphatic rings. The largest absolute Gasteiger partial charge is 0.349 e. The lowest BCUT2D eigenvalue weighted by Gasteiger charge is -2.08. The zero-order chi connectivity index (χ0) is 19.1. The monoisotopic (exact) mass is 353 g/mol. The Balaban J connectivity index is 2.16. The van der Waals surface area contributed by atoms with Crippen LogP contribution in [0.3, 0.4) is 0 Å². The van der Waals surface area contributed by atoms with Crippen LogP contribution >= 0.6 is 0 Å². The van der Waals surface area contributed by atoms with E-state index in [2.05, 4.69) is 16.8 Å². The van der Waals surface area contributed by atoms with Crippen LogP contribution in [0, 0.1) is 31.0 Å². The molecule has 4 nitrogen and oxygen atoms in total. The number of hydrogen-bond donors (Lipinski definition) is 1. The molecular formula is C21H24FN3O. The Morgan fingerprint density at radius 3 is 2.73 bits per heavy atom. The molecular weight excluding hydrogens is 329 g/mol. The number of nitrogens with zero attached hydrogens (tertiary/aromatic N) is 2. The molecule has 0 atom stereocenters. The van der Waals surface area contributed by atoms with Crippen LogP contribution in [-0.2, 0) is 17.9 Å². The normalized spacial score (nSPS) is 11.3. The van der Waals surface area contributed by atoms with Crippen molar-refractivity contribution in [2.24, 2.45) is 0 Å². The van der Waals surface area contributed by atoms with Crippen LogP contribution in [0.2, 0.25) is 0 Å². The van der Waals surface area contributed by atoms with Crippen LogP contribution in [-0.4, -0.2) is 10.5 Å². The number of aryl methyl sites for hydroxylation is 1. The van der Waals surface area contributed by atoms with Crippen LogP contribution in [0.5, 0.6) is 0 Å². The lowest BCUT2D eigenvalue weighted by Crippen LogP contribution is -2.24. The second-order valence-corrected chi connectivity index (χ2v) is 6.28. The molecule has 1 amide bonds. The van der Waals surface area contributed by atoms with Gasteiger partial charge in [-0.3, -0.25) is 4.79 Å². The van der Waals surface area contributed by atoms with Gasteiger partial charge in [0.25, 0.3) is 5.91 Å². The molecule has 0 spiro atoms. The van der Waals surface area contributed by atoms with Crippen LogP contribution in [0.15, 0.2) is 35.9 Å². The molecule has 0 saturated carbocycles. The molecule has 1 aromatic carbocycles. The zero-order valence-electron chi connectivity index (χ0n) is 15.5. The number of amides is 1. The van der Waals surface area contributed by atoms with Crippen molar-refractivity contribution in [2.75, 3.05) is 0 Å². The summed E-state index contributed by atoms with van der Waals surface area (Å²) < 4.78 is 15.8. The highest BCUT2D eigenvalue weighted by molar-refractivity contribution is 6.01. The topological polar surface area (TPSA) is 57.8 Å². The molecule has 0 radical (unpaired) electrons. The molecule has 2 rings (SSSR count). The molecule has 1 heterocycles. The molecule has 136 valence electrons. The maximum absolute atomic E-state index is 13.6. The third-order valence-electron chi connectivity index (χ3n) is 4.41. The maximum atomic E-state index is 13.6. The van der Waals surface area contributed by atoms with Gasteiger partial charge in [0.15, 0.2) is 0 Å². The predicted molar refractivity (Wildman–Crippen MR) is 101 cm³/mol. The summed E-state index contributed by atoms with van der Waals surface area (Å²) in [5, 5.41) is 12.0. The minimum absolute atomic E-state index is 0.0112. The highest BCUT2D eigenvalue weighted by atomic mass is 19.1.